The lowest BCUT2D eigenvalue weighted by atomic mass is 10.1. The molecule has 0 aliphatic carbocycles. The molecular formula is C19H15ClF4N2O2. The zero-order valence-electron chi connectivity index (χ0n) is 14.4. The van der Waals surface area contributed by atoms with Crippen molar-refractivity contribution in [2.24, 2.45) is 0 Å². The van der Waals surface area contributed by atoms with Gasteiger partial charge in [-0.2, -0.15) is 18.3 Å². The fourth-order valence-corrected chi connectivity index (χ4v) is 3.17. The third-order valence-corrected chi connectivity index (χ3v) is 4.65. The first kappa shape index (κ1) is 20.1. The summed E-state index contributed by atoms with van der Waals surface area (Å²) < 4.78 is 54.0. The molecule has 0 atom stereocenters. The molecule has 0 aliphatic rings. The highest BCUT2D eigenvalue weighted by Crippen LogP contribution is 2.33. The molecule has 1 aromatic heterocycles. The summed E-state index contributed by atoms with van der Waals surface area (Å²) in [6, 6.07) is 7.09. The van der Waals surface area contributed by atoms with Crippen molar-refractivity contribution in [3.05, 3.63) is 64.1 Å². The van der Waals surface area contributed by atoms with Crippen LogP contribution in [0.4, 0.5) is 17.6 Å². The number of halogens is 5. The van der Waals surface area contributed by atoms with Crippen LogP contribution < -0.4 is 0 Å². The molecule has 0 bridgehead atoms. The van der Waals surface area contributed by atoms with Crippen molar-refractivity contribution in [2.75, 3.05) is 0 Å². The number of carbonyl (C=O) groups is 1. The number of nitrogens with zero attached hydrogens (tertiary/aromatic N) is 2. The third kappa shape index (κ3) is 4.44. The maximum atomic E-state index is 13.3. The summed E-state index contributed by atoms with van der Waals surface area (Å²) in [5, 5.41) is 13.8. The van der Waals surface area contributed by atoms with Gasteiger partial charge in [-0.1, -0.05) is 23.7 Å². The van der Waals surface area contributed by atoms with E-state index < -0.39 is 23.5 Å². The smallest absolute Gasteiger partial charge is 0.416 e. The Kier molecular flexibility index (Phi) is 5.60. The highest BCUT2D eigenvalue weighted by Gasteiger charge is 2.31. The second-order valence-corrected chi connectivity index (χ2v) is 6.72. The quantitative estimate of drug-likeness (QED) is 0.557. The number of alkyl halides is 3. The second kappa shape index (κ2) is 7.79. The molecule has 0 spiro atoms. The van der Waals surface area contributed by atoms with Crippen molar-refractivity contribution in [3.63, 3.8) is 0 Å². The standard InChI is InChI=1S/C19H15ClF4N2O2/c20-15-9-13(21)6-4-11(15)10-26-17-8-12(19(22,23)24)5-7-14(17)16(25-26)2-1-3-18(27)28/h4-9H,1-3,10H2,(H,27,28). The van der Waals surface area contributed by atoms with E-state index in [0.29, 0.717) is 29.5 Å². The first-order chi connectivity index (χ1) is 13.1. The van der Waals surface area contributed by atoms with E-state index in [-0.39, 0.29) is 23.5 Å². The largest absolute Gasteiger partial charge is 0.481 e. The van der Waals surface area contributed by atoms with Gasteiger partial charge in [0.1, 0.15) is 5.82 Å². The molecule has 4 nitrogen and oxygen atoms in total. The number of benzene rings is 2. The van der Waals surface area contributed by atoms with Gasteiger partial charge in [-0.15, -0.1) is 0 Å². The Hall–Kier alpha value is -2.61. The van der Waals surface area contributed by atoms with Crippen LogP contribution in [0.3, 0.4) is 0 Å². The molecule has 0 radical (unpaired) electrons. The molecule has 0 amide bonds. The average Bonchev–Trinajstić information content (AvgIpc) is 2.93. The summed E-state index contributed by atoms with van der Waals surface area (Å²) >= 11 is 6.03. The summed E-state index contributed by atoms with van der Waals surface area (Å²) in [5.74, 6) is -1.48. The van der Waals surface area contributed by atoms with Gasteiger partial charge in [0, 0.05) is 16.8 Å². The van der Waals surface area contributed by atoms with Crippen LogP contribution in [0.25, 0.3) is 10.9 Å². The van der Waals surface area contributed by atoms with E-state index in [4.69, 9.17) is 16.7 Å². The van der Waals surface area contributed by atoms with Gasteiger partial charge < -0.3 is 5.11 Å². The Morgan fingerprint density at radius 1 is 1.18 bits per heavy atom. The van der Waals surface area contributed by atoms with E-state index in [2.05, 4.69) is 5.10 Å². The highest BCUT2D eigenvalue weighted by molar-refractivity contribution is 6.31. The van der Waals surface area contributed by atoms with Gasteiger partial charge in [-0.25, -0.2) is 4.39 Å². The lowest BCUT2D eigenvalue weighted by Crippen LogP contribution is -2.06. The molecular weight excluding hydrogens is 400 g/mol. The van der Waals surface area contributed by atoms with Gasteiger partial charge in [0.2, 0.25) is 0 Å². The topological polar surface area (TPSA) is 55.1 Å². The number of aryl methyl sites for hydroxylation is 1. The molecule has 1 heterocycles. The summed E-state index contributed by atoms with van der Waals surface area (Å²) in [6.45, 7) is 0.0514. The fraction of sp³-hybridized carbons (Fsp3) is 0.263. The predicted octanol–water partition coefficient (Wildman–Crippen LogP) is 5.30. The predicted molar refractivity (Wildman–Crippen MR) is 95.8 cm³/mol. The normalized spacial score (nSPS) is 11.9. The van der Waals surface area contributed by atoms with Crippen molar-refractivity contribution in [1.29, 1.82) is 0 Å². The number of aliphatic carboxylic acids is 1. The first-order valence-electron chi connectivity index (χ1n) is 8.37. The van der Waals surface area contributed by atoms with Crippen LogP contribution in [0.5, 0.6) is 0 Å². The van der Waals surface area contributed by atoms with Crippen molar-refractivity contribution in [1.82, 2.24) is 9.78 Å². The molecule has 28 heavy (non-hydrogen) atoms. The SMILES string of the molecule is O=C(O)CCCc1nn(Cc2ccc(F)cc2Cl)c2cc(C(F)(F)F)ccc12. The Labute approximate surface area is 162 Å². The molecule has 0 fully saturated rings. The van der Waals surface area contributed by atoms with Gasteiger partial charge in [-0.3, -0.25) is 9.48 Å². The van der Waals surface area contributed by atoms with Crippen molar-refractivity contribution in [2.45, 2.75) is 32.0 Å². The molecule has 9 heteroatoms. The Morgan fingerprint density at radius 3 is 2.57 bits per heavy atom. The van der Waals surface area contributed by atoms with Crippen LogP contribution in [-0.4, -0.2) is 20.9 Å². The van der Waals surface area contributed by atoms with Gasteiger partial charge in [0.25, 0.3) is 0 Å². The van der Waals surface area contributed by atoms with Crippen molar-refractivity contribution >= 4 is 28.5 Å². The summed E-state index contributed by atoms with van der Waals surface area (Å²) in [7, 11) is 0. The Balaban J connectivity index is 2.04. The van der Waals surface area contributed by atoms with Gasteiger partial charge in [-0.05, 0) is 42.7 Å². The molecule has 0 saturated carbocycles. The minimum atomic E-state index is -4.51. The van der Waals surface area contributed by atoms with E-state index in [9.17, 15) is 22.4 Å². The van der Waals surface area contributed by atoms with Crippen molar-refractivity contribution < 1.29 is 27.5 Å². The summed E-state index contributed by atoms with van der Waals surface area (Å²) in [6.07, 6.45) is -3.98. The van der Waals surface area contributed by atoms with E-state index in [1.165, 1.54) is 22.9 Å². The fourth-order valence-electron chi connectivity index (χ4n) is 2.94. The maximum absolute atomic E-state index is 13.3. The molecule has 0 saturated heterocycles. The average molecular weight is 415 g/mol. The van der Waals surface area contributed by atoms with Crippen LogP contribution in [0, 0.1) is 5.82 Å². The Bertz CT molecular complexity index is 1030. The Morgan fingerprint density at radius 2 is 1.93 bits per heavy atom. The van der Waals surface area contributed by atoms with E-state index >= 15 is 0 Å². The minimum Gasteiger partial charge on any atom is -0.481 e. The minimum absolute atomic E-state index is 0.0514. The zero-order valence-corrected chi connectivity index (χ0v) is 15.2. The lowest BCUT2D eigenvalue weighted by Gasteiger charge is -2.09. The molecule has 0 aliphatic heterocycles. The number of fused-ring (bicyclic) bond motifs is 1. The highest BCUT2D eigenvalue weighted by atomic mass is 35.5. The molecule has 3 rings (SSSR count). The van der Waals surface area contributed by atoms with E-state index in [1.54, 1.807) is 0 Å². The number of carboxylic acids is 1. The van der Waals surface area contributed by atoms with E-state index in [1.807, 2.05) is 0 Å². The first-order valence-corrected chi connectivity index (χ1v) is 8.75. The number of carboxylic acid groups (broad SMARTS) is 1. The van der Waals surface area contributed by atoms with E-state index in [0.717, 1.165) is 18.2 Å². The van der Waals surface area contributed by atoms with Crippen LogP contribution in [-0.2, 0) is 23.9 Å². The zero-order chi connectivity index (χ0) is 20.5. The number of rotatable bonds is 6. The van der Waals surface area contributed by atoms with Crippen molar-refractivity contribution in [3.8, 4) is 0 Å². The molecule has 3 aromatic rings. The maximum Gasteiger partial charge on any atom is 0.416 e. The second-order valence-electron chi connectivity index (χ2n) is 6.32. The van der Waals surface area contributed by atoms with Gasteiger partial charge in [0.05, 0.1) is 23.3 Å². The van der Waals surface area contributed by atoms with Crippen LogP contribution in [0.2, 0.25) is 5.02 Å². The van der Waals surface area contributed by atoms with Gasteiger partial charge >= 0.3 is 12.1 Å². The van der Waals surface area contributed by atoms with Crippen LogP contribution >= 0.6 is 11.6 Å². The number of hydrogen-bond acceptors (Lipinski definition) is 2. The monoisotopic (exact) mass is 414 g/mol. The number of aromatic nitrogens is 2. The summed E-state index contributed by atoms with van der Waals surface area (Å²) in [5.41, 5.74) is 0.439. The van der Waals surface area contributed by atoms with Crippen LogP contribution in [0.1, 0.15) is 29.7 Å². The summed E-state index contributed by atoms with van der Waals surface area (Å²) in [4.78, 5) is 10.7. The molecule has 2 aromatic carbocycles. The molecule has 0 unspecified atom stereocenters. The van der Waals surface area contributed by atoms with Gasteiger partial charge in [0.15, 0.2) is 0 Å². The third-order valence-electron chi connectivity index (χ3n) is 4.29. The number of hydrogen-bond donors (Lipinski definition) is 1. The van der Waals surface area contributed by atoms with Crippen LogP contribution in [0.15, 0.2) is 36.4 Å². The molecule has 1 N–H and O–H groups in total. The molecule has 148 valence electrons. The lowest BCUT2D eigenvalue weighted by molar-refractivity contribution is -0.138.